The Kier molecular flexibility index (Phi) is 3.97. The molecule has 4 rings (SSSR count). The van der Waals surface area contributed by atoms with Crippen molar-refractivity contribution in [2.24, 2.45) is 0 Å². The van der Waals surface area contributed by atoms with E-state index in [1.165, 1.54) is 18.2 Å². The summed E-state index contributed by atoms with van der Waals surface area (Å²) in [6.45, 7) is 1.98. The third-order valence-electron chi connectivity index (χ3n) is 4.18. The monoisotopic (exact) mass is 339 g/mol. The van der Waals surface area contributed by atoms with E-state index in [0.717, 1.165) is 42.0 Å². The molecule has 25 heavy (non-hydrogen) atoms. The number of carbonyl (C=O) groups excluding carboxylic acids is 1. The predicted molar refractivity (Wildman–Crippen MR) is 90.9 cm³/mol. The summed E-state index contributed by atoms with van der Waals surface area (Å²) >= 11 is 0. The Morgan fingerprint density at radius 2 is 1.96 bits per heavy atom. The number of hydrogen-bond acceptors (Lipinski definition) is 6. The number of aromatic amines is 1. The average molecular weight is 339 g/mol. The Balaban J connectivity index is 1.71. The number of hydrogen-bond donors (Lipinski definition) is 2. The fourth-order valence-electron chi connectivity index (χ4n) is 2.95. The van der Waals surface area contributed by atoms with Crippen molar-refractivity contribution in [1.29, 1.82) is 0 Å². The van der Waals surface area contributed by atoms with Gasteiger partial charge in [0.05, 0.1) is 13.2 Å². The summed E-state index contributed by atoms with van der Waals surface area (Å²) in [6, 6.07) is 6.61. The van der Waals surface area contributed by atoms with E-state index in [2.05, 4.69) is 15.5 Å². The molecule has 1 aromatic carbocycles. The first-order chi connectivity index (χ1) is 12.2. The minimum atomic E-state index is -0.342. The summed E-state index contributed by atoms with van der Waals surface area (Å²) in [6.07, 6.45) is 3.19. The van der Waals surface area contributed by atoms with Crippen molar-refractivity contribution < 1.29 is 14.3 Å². The summed E-state index contributed by atoms with van der Waals surface area (Å²) in [7, 11) is 0. The molecule has 0 saturated heterocycles. The Morgan fingerprint density at radius 3 is 2.72 bits per heavy atom. The predicted octanol–water partition coefficient (Wildman–Crippen LogP) is 1.30. The number of carbonyl (C=O) groups is 1. The van der Waals surface area contributed by atoms with Gasteiger partial charge < -0.3 is 14.8 Å². The van der Waals surface area contributed by atoms with Crippen molar-refractivity contribution in [2.75, 3.05) is 19.8 Å². The molecule has 3 heterocycles. The molecular formula is C18H17N3O4. The highest BCUT2D eigenvalue weighted by molar-refractivity contribution is 6.07. The van der Waals surface area contributed by atoms with Gasteiger partial charge in [0, 0.05) is 36.4 Å². The van der Waals surface area contributed by atoms with Gasteiger partial charge in [-0.05, 0) is 30.2 Å². The molecule has 2 aliphatic rings. The summed E-state index contributed by atoms with van der Waals surface area (Å²) in [5.74, 6) is 1.17. The smallest absolute Gasteiger partial charge is 0.264 e. The minimum absolute atomic E-state index is 0.190. The molecule has 2 N–H and O–H groups in total. The molecular weight excluding hydrogens is 322 g/mol. The summed E-state index contributed by atoms with van der Waals surface area (Å²) in [5, 5.41) is 9.30. The number of rotatable bonds is 2. The van der Waals surface area contributed by atoms with Crippen molar-refractivity contribution in [2.45, 2.75) is 12.8 Å². The van der Waals surface area contributed by atoms with Crippen LogP contribution in [0.2, 0.25) is 0 Å². The van der Waals surface area contributed by atoms with Crippen molar-refractivity contribution in [1.82, 2.24) is 15.5 Å². The van der Waals surface area contributed by atoms with Gasteiger partial charge in [0.25, 0.3) is 5.56 Å². The van der Waals surface area contributed by atoms with E-state index in [1.54, 1.807) is 0 Å². The number of ether oxygens (including phenoxy) is 2. The highest BCUT2D eigenvalue weighted by Crippen LogP contribution is 2.36. The fourth-order valence-corrected chi connectivity index (χ4v) is 2.95. The number of fused-ring (bicyclic) bond motifs is 2. The van der Waals surface area contributed by atoms with E-state index in [0.29, 0.717) is 19.0 Å². The molecule has 0 atom stereocenters. The lowest BCUT2D eigenvalue weighted by Gasteiger charge is -2.23. The standard InChI is InChI=1S/C18H17N3O4/c22-15(13-2-3-18(23)21-20-13)10-14-12-9-17-16(24-6-1-7-25-17)8-11(12)4-5-19-14/h2-3,8-10,19H,1,4-7H2,(H,21,23)/b14-10-. The first kappa shape index (κ1) is 15.4. The van der Waals surface area contributed by atoms with Crippen LogP contribution in [0.4, 0.5) is 0 Å². The molecule has 7 heteroatoms. The van der Waals surface area contributed by atoms with Gasteiger partial charge in [-0.15, -0.1) is 0 Å². The number of benzene rings is 1. The fraction of sp³-hybridized carbons (Fsp3) is 0.278. The molecule has 0 amide bonds. The molecule has 7 nitrogen and oxygen atoms in total. The van der Waals surface area contributed by atoms with Gasteiger partial charge in [-0.3, -0.25) is 9.59 Å². The normalized spacial score (nSPS) is 17.4. The Bertz CT molecular complexity index is 897. The zero-order chi connectivity index (χ0) is 17.2. The zero-order valence-electron chi connectivity index (χ0n) is 13.5. The third kappa shape index (κ3) is 3.13. The first-order valence-corrected chi connectivity index (χ1v) is 8.19. The largest absolute Gasteiger partial charge is 0.490 e. The van der Waals surface area contributed by atoms with Gasteiger partial charge in [0.2, 0.25) is 5.78 Å². The maximum Gasteiger partial charge on any atom is 0.264 e. The quantitative estimate of drug-likeness (QED) is 0.633. The van der Waals surface area contributed by atoms with Crippen molar-refractivity contribution in [3.63, 3.8) is 0 Å². The van der Waals surface area contributed by atoms with Crippen LogP contribution in [0.15, 0.2) is 35.1 Å². The van der Waals surface area contributed by atoms with E-state index in [1.807, 2.05) is 12.1 Å². The van der Waals surface area contributed by atoms with E-state index >= 15 is 0 Å². The van der Waals surface area contributed by atoms with Crippen LogP contribution >= 0.6 is 0 Å². The lowest BCUT2D eigenvalue weighted by molar-refractivity contribution is 0.104. The Morgan fingerprint density at radius 1 is 1.16 bits per heavy atom. The number of allylic oxidation sites excluding steroid dienone is 1. The highest BCUT2D eigenvalue weighted by Gasteiger charge is 2.21. The summed E-state index contributed by atoms with van der Waals surface area (Å²) in [5.41, 5.74) is 2.60. The summed E-state index contributed by atoms with van der Waals surface area (Å²) in [4.78, 5) is 23.5. The minimum Gasteiger partial charge on any atom is -0.490 e. The lowest BCUT2D eigenvalue weighted by atomic mass is 9.96. The second-order valence-electron chi connectivity index (χ2n) is 5.91. The maximum atomic E-state index is 12.4. The topological polar surface area (TPSA) is 93.3 Å². The van der Waals surface area contributed by atoms with Crippen molar-refractivity contribution >= 4 is 11.5 Å². The van der Waals surface area contributed by atoms with E-state index in [4.69, 9.17) is 9.47 Å². The molecule has 0 spiro atoms. The lowest BCUT2D eigenvalue weighted by Crippen LogP contribution is -2.24. The van der Waals surface area contributed by atoms with Gasteiger partial charge in [-0.25, -0.2) is 5.10 Å². The molecule has 2 aliphatic heterocycles. The van der Waals surface area contributed by atoms with E-state index < -0.39 is 0 Å². The van der Waals surface area contributed by atoms with Crippen LogP contribution in [0.25, 0.3) is 5.70 Å². The van der Waals surface area contributed by atoms with Crippen LogP contribution < -0.4 is 20.3 Å². The van der Waals surface area contributed by atoms with Crippen molar-refractivity contribution in [3.05, 3.63) is 57.5 Å². The number of H-pyrrole nitrogens is 1. The van der Waals surface area contributed by atoms with Crippen LogP contribution in [0, 0.1) is 0 Å². The maximum absolute atomic E-state index is 12.4. The second-order valence-corrected chi connectivity index (χ2v) is 5.91. The van der Waals surface area contributed by atoms with Crippen LogP contribution in [0.1, 0.15) is 28.0 Å². The van der Waals surface area contributed by atoms with E-state index in [-0.39, 0.29) is 17.0 Å². The Labute approximate surface area is 143 Å². The summed E-state index contributed by atoms with van der Waals surface area (Å²) < 4.78 is 11.5. The van der Waals surface area contributed by atoms with Crippen LogP contribution in [0.5, 0.6) is 11.5 Å². The van der Waals surface area contributed by atoms with Crippen molar-refractivity contribution in [3.8, 4) is 11.5 Å². The molecule has 128 valence electrons. The molecule has 2 aromatic rings. The molecule has 0 saturated carbocycles. The number of ketones is 1. The number of aromatic nitrogens is 2. The Hall–Kier alpha value is -3.09. The van der Waals surface area contributed by atoms with Crippen LogP contribution in [-0.2, 0) is 6.42 Å². The molecule has 0 radical (unpaired) electrons. The van der Waals surface area contributed by atoms with Crippen LogP contribution in [0.3, 0.4) is 0 Å². The van der Waals surface area contributed by atoms with E-state index in [9.17, 15) is 9.59 Å². The number of nitrogens with zero attached hydrogens (tertiary/aromatic N) is 1. The zero-order valence-corrected chi connectivity index (χ0v) is 13.5. The molecule has 0 bridgehead atoms. The SMILES string of the molecule is O=C(/C=C1\NCCc2cc3c(cc21)OCCCO3)c1ccc(=O)[nH]n1. The van der Waals surface area contributed by atoms with Gasteiger partial charge in [0.15, 0.2) is 11.5 Å². The molecule has 0 fully saturated rings. The van der Waals surface area contributed by atoms with Gasteiger partial charge in [-0.1, -0.05) is 0 Å². The average Bonchev–Trinajstić information content (AvgIpc) is 2.85. The second kappa shape index (κ2) is 6.43. The highest BCUT2D eigenvalue weighted by atomic mass is 16.5. The van der Waals surface area contributed by atoms with Gasteiger partial charge >= 0.3 is 0 Å². The van der Waals surface area contributed by atoms with Gasteiger partial charge in [-0.2, -0.15) is 5.10 Å². The number of nitrogens with one attached hydrogen (secondary N) is 2. The van der Waals surface area contributed by atoms with Crippen LogP contribution in [-0.4, -0.2) is 35.7 Å². The first-order valence-electron chi connectivity index (χ1n) is 8.19. The molecule has 0 aliphatic carbocycles. The molecule has 0 unspecified atom stereocenters. The van der Waals surface area contributed by atoms with Gasteiger partial charge in [0.1, 0.15) is 5.69 Å². The third-order valence-corrected chi connectivity index (χ3v) is 4.18. The molecule has 1 aromatic heterocycles.